The number of hydrogen-bond acceptors (Lipinski definition) is 8. The molecule has 3 heterocycles. The van der Waals surface area contributed by atoms with Gasteiger partial charge < -0.3 is 23.8 Å². The van der Waals surface area contributed by atoms with Gasteiger partial charge >= 0.3 is 5.97 Å². The maximum Gasteiger partial charge on any atom is 0.329 e. The molecular weight excluding hydrogens is 618 g/mol. The number of ether oxygens (including phenoxy) is 4. The van der Waals surface area contributed by atoms with Crippen molar-refractivity contribution < 1.29 is 28.5 Å². The minimum Gasteiger partial charge on any atom is -0.493 e. The van der Waals surface area contributed by atoms with Gasteiger partial charge in [0.2, 0.25) is 11.7 Å². The molecule has 9 nitrogen and oxygen atoms in total. The maximum absolute atomic E-state index is 14.8. The second-order valence-electron chi connectivity index (χ2n) is 13.4. The van der Waals surface area contributed by atoms with E-state index in [0.717, 1.165) is 82.6 Å². The second kappa shape index (κ2) is 18.6. The fraction of sp³-hybridized carbons (Fsp3) is 0.550. The van der Waals surface area contributed by atoms with E-state index in [9.17, 15) is 9.59 Å². The van der Waals surface area contributed by atoms with E-state index in [1.807, 2.05) is 41.6 Å². The van der Waals surface area contributed by atoms with Crippen LogP contribution in [0.5, 0.6) is 17.2 Å². The fourth-order valence-corrected chi connectivity index (χ4v) is 7.65. The van der Waals surface area contributed by atoms with Crippen LogP contribution in [0.2, 0.25) is 0 Å². The van der Waals surface area contributed by atoms with Gasteiger partial charge in [0.15, 0.2) is 11.5 Å². The number of hydrogen-bond donors (Lipinski definition) is 0. The van der Waals surface area contributed by atoms with Crippen molar-refractivity contribution in [2.45, 2.75) is 108 Å². The first-order valence-corrected chi connectivity index (χ1v) is 18.1. The maximum atomic E-state index is 14.8. The highest BCUT2D eigenvalue weighted by atomic mass is 16.5. The molecule has 9 heteroatoms. The highest BCUT2D eigenvalue weighted by Crippen LogP contribution is 2.45. The molecule has 1 amide bonds. The number of methoxy groups -OCH3 is 3. The highest BCUT2D eigenvalue weighted by molar-refractivity contribution is 5.89. The number of benzene rings is 1. The standard InChI is InChI=1S/C40H53N3O6/c1-46-35-25-32(26-36(47-2)38(35)48-3)37(31-17-5-4-6-18-31)39(44)43-24-8-7-21-34(43)40(45)49-33(19-9-13-29-15-11-22-41-27-29)20-10-14-30-16-12-23-42-28-30/h11-12,15-16,22-23,25-28,31,33-34,37H,4-10,13-14,17-21,24H2,1-3H3. The number of nitrogens with zero attached hydrogens (tertiary/aromatic N) is 3. The van der Waals surface area contributed by atoms with Crippen molar-refractivity contribution in [1.29, 1.82) is 0 Å². The first-order valence-electron chi connectivity index (χ1n) is 18.1. The van der Waals surface area contributed by atoms with E-state index in [1.54, 1.807) is 33.7 Å². The van der Waals surface area contributed by atoms with E-state index in [0.29, 0.717) is 30.2 Å². The highest BCUT2D eigenvalue weighted by Gasteiger charge is 2.41. The topological polar surface area (TPSA) is 100 Å². The Hall–Kier alpha value is -4.14. The Bertz CT molecular complexity index is 1390. The molecule has 2 aliphatic rings. The number of pyridine rings is 2. The molecule has 0 spiro atoms. The summed E-state index contributed by atoms with van der Waals surface area (Å²) in [6.07, 6.45) is 19.8. The summed E-state index contributed by atoms with van der Waals surface area (Å²) in [5, 5.41) is 0. The van der Waals surface area contributed by atoms with Gasteiger partial charge in [0.05, 0.1) is 27.2 Å². The molecule has 2 fully saturated rings. The van der Waals surface area contributed by atoms with E-state index in [2.05, 4.69) is 22.1 Å². The Balaban J connectivity index is 1.35. The average molecular weight is 672 g/mol. The van der Waals surface area contributed by atoms with E-state index in [4.69, 9.17) is 18.9 Å². The lowest BCUT2D eigenvalue weighted by Gasteiger charge is -2.40. The molecule has 1 aromatic carbocycles. The first kappa shape index (κ1) is 36.1. The van der Waals surface area contributed by atoms with Crippen LogP contribution in [0.25, 0.3) is 0 Å². The van der Waals surface area contributed by atoms with Crippen LogP contribution < -0.4 is 14.2 Å². The summed E-state index contributed by atoms with van der Waals surface area (Å²) in [6, 6.07) is 11.3. The zero-order valence-corrected chi connectivity index (χ0v) is 29.5. The average Bonchev–Trinajstić information content (AvgIpc) is 3.15. The molecule has 1 saturated heterocycles. The lowest BCUT2D eigenvalue weighted by atomic mass is 9.75. The minimum absolute atomic E-state index is 0.00692. The molecule has 5 rings (SSSR count). The number of esters is 1. The summed E-state index contributed by atoms with van der Waals surface area (Å²) in [5.41, 5.74) is 3.19. The van der Waals surface area contributed by atoms with Crippen molar-refractivity contribution in [2.24, 2.45) is 5.92 Å². The van der Waals surface area contributed by atoms with Gasteiger partial charge in [-0.2, -0.15) is 0 Å². The van der Waals surface area contributed by atoms with Gasteiger partial charge in [0.25, 0.3) is 0 Å². The minimum atomic E-state index is -0.603. The molecule has 2 atom stereocenters. The molecule has 2 unspecified atom stereocenters. The van der Waals surface area contributed by atoms with Crippen molar-refractivity contribution in [3.63, 3.8) is 0 Å². The molecule has 2 aromatic heterocycles. The van der Waals surface area contributed by atoms with Crippen LogP contribution in [0.3, 0.4) is 0 Å². The summed E-state index contributed by atoms with van der Waals surface area (Å²) in [4.78, 5) is 39.2. The van der Waals surface area contributed by atoms with Crippen molar-refractivity contribution >= 4 is 11.9 Å². The predicted molar refractivity (Wildman–Crippen MR) is 189 cm³/mol. The Labute approximate surface area is 291 Å². The third kappa shape index (κ3) is 9.73. The van der Waals surface area contributed by atoms with E-state index in [1.165, 1.54) is 17.5 Å². The van der Waals surface area contributed by atoms with E-state index >= 15 is 0 Å². The van der Waals surface area contributed by atoms with E-state index in [-0.39, 0.29) is 23.9 Å². The van der Waals surface area contributed by atoms with Gasteiger partial charge in [-0.25, -0.2) is 4.79 Å². The van der Waals surface area contributed by atoms with E-state index < -0.39 is 12.0 Å². The van der Waals surface area contributed by atoms with Crippen LogP contribution in [0, 0.1) is 5.92 Å². The summed E-state index contributed by atoms with van der Waals surface area (Å²) < 4.78 is 23.3. The third-order valence-electron chi connectivity index (χ3n) is 10.2. The number of piperidine rings is 1. The third-order valence-corrected chi connectivity index (χ3v) is 10.2. The molecule has 0 N–H and O–H groups in total. The number of aromatic nitrogens is 2. The second-order valence-corrected chi connectivity index (χ2v) is 13.4. The van der Waals surface area contributed by atoms with Crippen LogP contribution in [0.15, 0.2) is 61.2 Å². The number of rotatable bonds is 16. The normalized spacial score (nSPS) is 17.4. The van der Waals surface area contributed by atoms with Crippen LogP contribution in [0.1, 0.15) is 99.7 Å². The number of carbonyl (C=O) groups is 2. The zero-order valence-electron chi connectivity index (χ0n) is 29.5. The summed E-state index contributed by atoms with van der Waals surface area (Å²) >= 11 is 0. The van der Waals surface area contributed by atoms with Gasteiger partial charge in [0, 0.05) is 31.3 Å². The Kier molecular flexibility index (Phi) is 13.7. The van der Waals surface area contributed by atoms with Crippen LogP contribution >= 0.6 is 0 Å². The smallest absolute Gasteiger partial charge is 0.329 e. The number of carbonyl (C=O) groups excluding carboxylic acids is 2. The summed E-state index contributed by atoms with van der Waals surface area (Å²) in [6.45, 7) is 0.541. The van der Waals surface area contributed by atoms with Crippen LogP contribution in [-0.2, 0) is 27.2 Å². The lowest BCUT2D eigenvalue weighted by molar-refractivity contribution is -0.163. The fourth-order valence-electron chi connectivity index (χ4n) is 7.65. The Morgan fingerprint density at radius 1 is 0.796 bits per heavy atom. The van der Waals surface area contributed by atoms with Gasteiger partial charge in [-0.05, 0) is 118 Å². The van der Waals surface area contributed by atoms with Gasteiger partial charge in [0.1, 0.15) is 12.1 Å². The molecule has 1 saturated carbocycles. The lowest BCUT2D eigenvalue weighted by Crippen LogP contribution is -2.51. The van der Waals surface area contributed by atoms with Crippen molar-refractivity contribution in [2.75, 3.05) is 27.9 Å². The molecule has 3 aromatic rings. The Morgan fingerprint density at radius 2 is 1.39 bits per heavy atom. The first-order chi connectivity index (χ1) is 24.0. The summed E-state index contributed by atoms with van der Waals surface area (Å²) in [5.74, 6) is 1.01. The number of aryl methyl sites for hydroxylation is 2. The van der Waals surface area contributed by atoms with Gasteiger partial charge in [-0.1, -0.05) is 31.4 Å². The van der Waals surface area contributed by atoms with Gasteiger partial charge in [-0.15, -0.1) is 0 Å². The molecule has 0 bridgehead atoms. The van der Waals surface area contributed by atoms with Crippen molar-refractivity contribution in [3.8, 4) is 17.2 Å². The quantitative estimate of drug-likeness (QED) is 0.144. The van der Waals surface area contributed by atoms with Crippen molar-refractivity contribution in [1.82, 2.24) is 14.9 Å². The Morgan fingerprint density at radius 3 is 1.92 bits per heavy atom. The SMILES string of the molecule is COc1cc(C(C(=O)N2CCCCC2C(=O)OC(CCCc2cccnc2)CCCc2cccnc2)C2CCCCC2)cc(OC)c1OC. The molecule has 0 radical (unpaired) electrons. The number of likely N-dealkylation sites (tertiary alicyclic amines) is 1. The van der Waals surface area contributed by atoms with Crippen LogP contribution in [0.4, 0.5) is 0 Å². The molecule has 264 valence electrons. The predicted octanol–water partition coefficient (Wildman–Crippen LogP) is 7.51. The molecule has 1 aliphatic heterocycles. The molecule has 1 aliphatic carbocycles. The van der Waals surface area contributed by atoms with Gasteiger partial charge in [-0.3, -0.25) is 14.8 Å². The molecule has 49 heavy (non-hydrogen) atoms. The zero-order chi connectivity index (χ0) is 34.4. The van der Waals surface area contributed by atoms with Crippen LogP contribution in [-0.4, -0.2) is 66.8 Å². The molecular formula is C40H53N3O6. The monoisotopic (exact) mass is 671 g/mol. The largest absolute Gasteiger partial charge is 0.493 e. The number of amides is 1. The summed E-state index contributed by atoms with van der Waals surface area (Å²) in [7, 11) is 4.77. The van der Waals surface area contributed by atoms with Crippen molar-refractivity contribution in [3.05, 3.63) is 77.9 Å².